The molecule has 0 saturated heterocycles. The Bertz CT molecular complexity index is 702. The van der Waals surface area contributed by atoms with Gasteiger partial charge in [0.25, 0.3) is 5.91 Å². The summed E-state index contributed by atoms with van der Waals surface area (Å²) in [6.07, 6.45) is 0. The Morgan fingerprint density at radius 2 is 1.87 bits per heavy atom. The van der Waals surface area contributed by atoms with Crippen LogP contribution in [-0.2, 0) is 10.2 Å². The summed E-state index contributed by atoms with van der Waals surface area (Å²) in [5.41, 5.74) is 2.33. The Morgan fingerprint density at radius 3 is 2.57 bits per heavy atom. The minimum atomic E-state index is -0.311. The van der Waals surface area contributed by atoms with Crippen LogP contribution in [0.25, 0.3) is 0 Å². The molecule has 0 radical (unpaired) electrons. The molecule has 2 rings (SSSR count). The Kier molecular flexibility index (Phi) is 4.94. The fourth-order valence-corrected chi connectivity index (χ4v) is 2.29. The number of anilines is 1. The molecule has 0 aliphatic heterocycles. The molecule has 122 valence electrons. The largest absolute Gasteiger partial charge is 0.506 e. The van der Waals surface area contributed by atoms with E-state index in [0.29, 0.717) is 11.4 Å². The molecule has 2 aromatic rings. The van der Waals surface area contributed by atoms with Gasteiger partial charge in [0, 0.05) is 0 Å². The van der Waals surface area contributed by atoms with E-state index >= 15 is 0 Å². The quantitative estimate of drug-likeness (QED) is 0.838. The first-order valence-electron chi connectivity index (χ1n) is 7.59. The second-order valence-electron chi connectivity index (χ2n) is 6.60. The van der Waals surface area contributed by atoms with Gasteiger partial charge in [0.05, 0.1) is 5.69 Å². The van der Waals surface area contributed by atoms with Crippen LogP contribution >= 0.6 is 0 Å². The van der Waals surface area contributed by atoms with Crippen molar-refractivity contribution in [2.24, 2.45) is 0 Å². The lowest BCUT2D eigenvalue weighted by molar-refractivity contribution is -0.118. The maximum absolute atomic E-state index is 12.1. The molecular weight excluding hydrogens is 290 g/mol. The fourth-order valence-electron chi connectivity index (χ4n) is 2.29. The zero-order valence-electron chi connectivity index (χ0n) is 14.0. The number of hydrogen-bond acceptors (Lipinski definition) is 3. The molecule has 4 nitrogen and oxygen atoms in total. The molecule has 4 heteroatoms. The second-order valence-corrected chi connectivity index (χ2v) is 6.60. The van der Waals surface area contributed by atoms with Gasteiger partial charge in [-0.2, -0.15) is 0 Å². The average molecular weight is 313 g/mol. The lowest BCUT2D eigenvalue weighted by atomic mass is 9.86. The number of aryl methyl sites for hydroxylation is 1. The summed E-state index contributed by atoms with van der Waals surface area (Å²) >= 11 is 0. The van der Waals surface area contributed by atoms with Crippen molar-refractivity contribution in [3.8, 4) is 11.5 Å². The number of rotatable bonds is 4. The van der Waals surface area contributed by atoms with Crippen molar-refractivity contribution in [3.05, 3.63) is 53.6 Å². The van der Waals surface area contributed by atoms with Crippen molar-refractivity contribution in [1.29, 1.82) is 0 Å². The van der Waals surface area contributed by atoms with Crippen LogP contribution in [-0.4, -0.2) is 17.6 Å². The number of aromatic hydroxyl groups is 1. The molecule has 2 aromatic carbocycles. The lowest BCUT2D eigenvalue weighted by Crippen LogP contribution is -2.22. The Labute approximate surface area is 137 Å². The van der Waals surface area contributed by atoms with Gasteiger partial charge in [0.1, 0.15) is 11.5 Å². The summed E-state index contributed by atoms with van der Waals surface area (Å²) in [4.78, 5) is 12.1. The highest BCUT2D eigenvalue weighted by Gasteiger charge is 2.19. The molecule has 0 bridgehead atoms. The van der Waals surface area contributed by atoms with Gasteiger partial charge in [0.2, 0.25) is 0 Å². The predicted molar refractivity (Wildman–Crippen MR) is 92.1 cm³/mol. The van der Waals surface area contributed by atoms with Crippen molar-refractivity contribution in [2.75, 3.05) is 11.9 Å². The average Bonchev–Trinajstić information content (AvgIpc) is 2.48. The van der Waals surface area contributed by atoms with Crippen LogP contribution in [0.4, 0.5) is 5.69 Å². The summed E-state index contributed by atoms with van der Waals surface area (Å²) in [6.45, 7) is 8.08. The van der Waals surface area contributed by atoms with Crippen molar-refractivity contribution >= 4 is 11.6 Å². The summed E-state index contributed by atoms with van der Waals surface area (Å²) in [7, 11) is 0. The first-order valence-corrected chi connectivity index (χ1v) is 7.59. The molecule has 2 N–H and O–H groups in total. The first kappa shape index (κ1) is 16.9. The smallest absolute Gasteiger partial charge is 0.262 e. The van der Waals surface area contributed by atoms with Crippen molar-refractivity contribution in [2.45, 2.75) is 33.1 Å². The normalized spacial score (nSPS) is 11.1. The van der Waals surface area contributed by atoms with E-state index in [4.69, 9.17) is 4.74 Å². The van der Waals surface area contributed by atoms with E-state index in [2.05, 4.69) is 26.1 Å². The minimum absolute atomic E-state index is 0.0408. The molecule has 0 fully saturated rings. The van der Waals surface area contributed by atoms with Gasteiger partial charge in [0.15, 0.2) is 6.61 Å². The molecule has 0 saturated carbocycles. The molecule has 0 atom stereocenters. The van der Waals surface area contributed by atoms with E-state index in [-0.39, 0.29) is 23.7 Å². The third-order valence-electron chi connectivity index (χ3n) is 3.48. The zero-order valence-corrected chi connectivity index (χ0v) is 14.0. The minimum Gasteiger partial charge on any atom is -0.506 e. The zero-order chi connectivity index (χ0) is 17.0. The van der Waals surface area contributed by atoms with Crippen LogP contribution in [0.2, 0.25) is 0 Å². The molecule has 0 aliphatic rings. The van der Waals surface area contributed by atoms with Crippen molar-refractivity contribution in [3.63, 3.8) is 0 Å². The van der Waals surface area contributed by atoms with Gasteiger partial charge < -0.3 is 15.2 Å². The van der Waals surface area contributed by atoms with Crippen LogP contribution in [0, 0.1) is 6.92 Å². The maximum atomic E-state index is 12.1. The molecule has 0 unspecified atom stereocenters. The molecule has 0 aliphatic carbocycles. The van der Waals surface area contributed by atoms with E-state index < -0.39 is 0 Å². The second kappa shape index (κ2) is 6.73. The number of phenols is 1. The number of nitrogens with one attached hydrogen (secondary N) is 1. The molecule has 0 spiro atoms. The van der Waals surface area contributed by atoms with Crippen LogP contribution in [0.1, 0.15) is 31.9 Å². The number of amides is 1. The highest BCUT2D eigenvalue weighted by atomic mass is 16.5. The first-order chi connectivity index (χ1) is 10.8. The summed E-state index contributed by atoms with van der Waals surface area (Å²) in [5.74, 6) is 0.428. The van der Waals surface area contributed by atoms with E-state index in [0.717, 1.165) is 11.1 Å². The highest BCUT2D eigenvalue weighted by molar-refractivity contribution is 5.93. The van der Waals surface area contributed by atoms with E-state index in [1.54, 1.807) is 18.2 Å². The monoisotopic (exact) mass is 313 g/mol. The number of carbonyl (C=O) groups is 1. The number of phenolic OH excluding ortho intramolecular Hbond substituents is 1. The SMILES string of the molecule is Cc1ccc(O)c(NC(=O)COc2ccccc2C(C)(C)C)c1. The predicted octanol–water partition coefficient (Wildman–Crippen LogP) is 4.02. The third kappa shape index (κ3) is 4.49. The van der Waals surface area contributed by atoms with Crippen LogP contribution < -0.4 is 10.1 Å². The topological polar surface area (TPSA) is 58.6 Å². The van der Waals surface area contributed by atoms with Gasteiger partial charge in [-0.1, -0.05) is 45.0 Å². The molecule has 0 aromatic heterocycles. The van der Waals surface area contributed by atoms with Gasteiger partial charge in [-0.3, -0.25) is 4.79 Å². The van der Waals surface area contributed by atoms with E-state index in [9.17, 15) is 9.90 Å². The number of hydrogen-bond donors (Lipinski definition) is 2. The lowest BCUT2D eigenvalue weighted by Gasteiger charge is -2.22. The fraction of sp³-hybridized carbons (Fsp3) is 0.316. The standard InChI is InChI=1S/C19H23NO3/c1-13-9-10-16(21)15(11-13)20-18(22)12-23-17-8-6-5-7-14(17)19(2,3)4/h5-11,21H,12H2,1-4H3,(H,20,22). The molecule has 1 amide bonds. The van der Waals surface area contributed by atoms with Gasteiger partial charge in [-0.25, -0.2) is 0 Å². The van der Waals surface area contributed by atoms with Crippen LogP contribution in [0.5, 0.6) is 11.5 Å². The summed E-state index contributed by atoms with van der Waals surface area (Å²) < 4.78 is 5.67. The highest BCUT2D eigenvalue weighted by Crippen LogP contribution is 2.31. The molecule has 23 heavy (non-hydrogen) atoms. The summed E-state index contributed by atoms with van der Waals surface area (Å²) in [5, 5.41) is 12.4. The maximum Gasteiger partial charge on any atom is 0.262 e. The molecule has 0 heterocycles. The van der Waals surface area contributed by atoms with Gasteiger partial charge >= 0.3 is 0 Å². The van der Waals surface area contributed by atoms with Gasteiger partial charge in [-0.15, -0.1) is 0 Å². The van der Waals surface area contributed by atoms with Crippen LogP contribution in [0.3, 0.4) is 0 Å². The van der Waals surface area contributed by atoms with Crippen LogP contribution in [0.15, 0.2) is 42.5 Å². The van der Waals surface area contributed by atoms with Crippen molar-refractivity contribution < 1.29 is 14.6 Å². The molecular formula is C19H23NO3. The Hall–Kier alpha value is -2.49. The summed E-state index contributed by atoms with van der Waals surface area (Å²) in [6, 6.07) is 12.8. The Balaban J connectivity index is 2.04. The van der Waals surface area contributed by atoms with Gasteiger partial charge in [-0.05, 0) is 41.7 Å². The van der Waals surface area contributed by atoms with E-state index in [1.165, 1.54) is 0 Å². The number of ether oxygens (including phenoxy) is 1. The van der Waals surface area contributed by atoms with Crippen molar-refractivity contribution in [1.82, 2.24) is 0 Å². The third-order valence-corrected chi connectivity index (χ3v) is 3.48. The Morgan fingerprint density at radius 1 is 1.17 bits per heavy atom. The number of carbonyl (C=O) groups excluding carboxylic acids is 1. The van der Waals surface area contributed by atoms with E-state index in [1.807, 2.05) is 31.2 Å². The number of para-hydroxylation sites is 1. The number of benzene rings is 2.